The smallest absolute Gasteiger partial charge is 0.337 e. The van der Waals surface area contributed by atoms with Crippen molar-refractivity contribution in [2.45, 2.75) is 0 Å². The summed E-state index contributed by atoms with van der Waals surface area (Å²) in [6.45, 7) is -0.295. The van der Waals surface area contributed by atoms with E-state index in [0.717, 1.165) is 0 Å². The molecule has 0 saturated heterocycles. The average Bonchev–Trinajstić information content (AvgIpc) is 2.40. The lowest BCUT2D eigenvalue weighted by Gasteiger charge is -2.13. The molecule has 5 nitrogen and oxygen atoms in total. The molecule has 0 bridgehead atoms. The van der Waals surface area contributed by atoms with Crippen LogP contribution < -0.4 is 4.74 Å². The first-order valence-corrected chi connectivity index (χ1v) is 7.69. The number of halogens is 2. The largest absolute Gasteiger partial charge is 0.484 e. The highest BCUT2D eigenvalue weighted by molar-refractivity contribution is 7.54. The highest BCUT2D eigenvalue weighted by Crippen LogP contribution is 2.46. The van der Waals surface area contributed by atoms with Gasteiger partial charge in [0.05, 0.1) is 5.02 Å². The summed E-state index contributed by atoms with van der Waals surface area (Å²) < 4.78 is 26.3. The quantitative estimate of drug-likeness (QED) is 0.718. The number of rotatable bonds is 7. The summed E-state index contributed by atoms with van der Waals surface area (Å²) >= 11 is 11.7. The van der Waals surface area contributed by atoms with Gasteiger partial charge in [-0.05, 0) is 12.1 Å². The van der Waals surface area contributed by atoms with E-state index in [1.165, 1.54) is 14.2 Å². The molecule has 0 aromatic heterocycles. The van der Waals surface area contributed by atoms with Crippen molar-refractivity contribution in [3.05, 3.63) is 28.2 Å². The fourth-order valence-electron chi connectivity index (χ4n) is 1.22. The Balaban J connectivity index is 2.60. The summed E-state index contributed by atoms with van der Waals surface area (Å²) in [7, 11) is -0.939. The van der Waals surface area contributed by atoms with Gasteiger partial charge in [0.2, 0.25) is 0 Å². The van der Waals surface area contributed by atoms with E-state index in [2.05, 4.69) is 9.05 Å². The Labute approximate surface area is 121 Å². The number of hydrogen-bond donors (Lipinski definition) is 0. The molecular weight excluding hydrogens is 314 g/mol. The Bertz CT molecular complexity index is 498. The average molecular weight is 327 g/mol. The molecule has 0 fully saturated rings. The number of carbonyl (C=O) groups is 1. The highest BCUT2D eigenvalue weighted by atomic mass is 35.5. The zero-order valence-electron chi connectivity index (χ0n) is 10.4. The first kappa shape index (κ1) is 16.5. The second-order valence-corrected chi connectivity index (χ2v) is 6.57. The predicted octanol–water partition coefficient (Wildman–Crippen LogP) is 3.43. The van der Waals surface area contributed by atoms with Gasteiger partial charge in [-0.3, -0.25) is 9.36 Å². The molecule has 0 aliphatic heterocycles. The van der Waals surface area contributed by atoms with E-state index in [4.69, 9.17) is 27.9 Å². The van der Waals surface area contributed by atoms with Crippen molar-refractivity contribution < 1.29 is 23.1 Å². The van der Waals surface area contributed by atoms with Gasteiger partial charge in [0.25, 0.3) is 0 Å². The monoisotopic (exact) mass is 326 g/mol. The van der Waals surface area contributed by atoms with E-state index in [1.807, 2.05) is 0 Å². The molecule has 1 rings (SSSR count). The van der Waals surface area contributed by atoms with E-state index in [0.29, 0.717) is 5.02 Å². The van der Waals surface area contributed by atoms with Crippen LogP contribution in [0.2, 0.25) is 10.0 Å². The predicted molar refractivity (Wildman–Crippen MR) is 73.5 cm³/mol. The summed E-state index contributed by atoms with van der Waals surface area (Å²) in [4.78, 5) is 11.6. The molecule has 1 aromatic carbocycles. The van der Waals surface area contributed by atoms with Gasteiger partial charge in [-0.2, -0.15) is 0 Å². The lowest BCUT2D eigenvalue weighted by molar-refractivity contribution is -0.118. The number of ether oxygens (including phenoxy) is 1. The van der Waals surface area contributed by atoms with Crippen LogP contribution in [0, 0.1) is 0 Å². The molecule has 0 N–H and O–H groups in total. The van der Waals surface area contributed by atoms with Crippen LogP contribution in [0.3, 0.4) is 0 Å². The number of carbonyl (C=O) groups excluding carboxylic acids is 1. The first-order valence-electron chi connectivity index (χ1n) is 5.21. The van der Waals surface area contributed by atoms with Gasteiger partial charge in [-0.1, -0.05) is 29.3 Å². The molecule has 0 spiro atoms. The number of Topliss-reactive ketones (excluding diaryl/α,β-unsaturated/α-hetero) is 1. The summed E-state index contributed by atoms with van der Waals surface area (Å²) in [6, 6.07) is 4.82. The van der Waals surface area contributed by atoms with Crippen LogP contribution in [0.1, 0.15) is 0 Å². The molecule has 1 aromatic rings. The van der Waals surface area contributed by atoms with Crippen LogP contribution >= 0.6 is 30.8 Å². The van der Waals surface area contributed by atoms with Crippen molar-refractivity contribution in [1.82, 2.24) is 0 Å². The minimum atomic E-state index is -3.37. The minimum Gasteiger partial charge on any atom is -0.484 e. The van der Waals surface area contributed by atoms with Gasteiger partial charge in [0.1, 0.15) is 23.5 Å². The van der Waals surface area contributed by atoms with Gasteiger partial charge < -0.3 is 13.8 Å². The molecule has 0 atom stereocenters. The summed E-state index contributed by atoms with van der Waals surface area (Å²) in [5, 5.41) is 0.546. The van der Waals surface area contributed by atoms with E-state index in [9.17, 15) is 9.36 Å². The normalized spacial score (nSPS) is 11.4. The van der Waals surface area contributed by atoms with Crippen LogP contribution in [0.5, 0.6) is 5.75 Å². The van der Waals surface area contributed by atoms with E-state index < -0.39 is 13.4 Å². The van der Waals surface area contributed by atoms with Crippen molar-refractivity contribution in [3.63, 3.8) is 0 Å². The second-order valence-electron chi connectivity index (χ2n) is 3.51. The molecule has 0 aliphatic rings. The molecule has 19 heavy (non-hydrogen) atoms. The fourth-order valence-corrected chi connectivity index (χ4v) is 2.50. The Hall–Kier alpha value is -0.580. The zero-order chi connectivity index (χ0) is 14.5. The molecule has 0 radical (unpaired) electrons. The van der Waals surface area contributed by atoms with Gasteiger partial charge in [0, 0.05) is 14.2 Å². The standard InChI is InChI=1S/C11H13Cl2O5P/c1-16-19(15,17-2)7-8(14)6-18-10-5-3-4-9(12)11(10)13/h3-5H,6-7H2,1-2H3. The maximum absolute atomic E-state index is 11.7. The lowest BCUT2D eigenvalue weighted by Crippen LogP contribution is -2.16. The molecule has 0 aliphatic carbocycles. The van der Waals surface area contributed by atoms with E-state index in [-0.39, 0.29) is 23.5 Å². The van der Waals surface area contributed by atoms with Gasteiger partial charge in [0.15, 0.2) is 5.78 Å². The maximum Gasteiger partial charge on any atom is 0.337 e. The Morgan fingerprint density at radius 2 is 1.89 bits per heavy atom. The summed E-state index contributed by atoms with van der Waals surface area (Å²) in [5.41, 5.74) is 0. The number of ketones is 1. The molecule has 8 heteroatoms. The third-order valence-electron chi connectivity index (χ3n) is 2.23. The Kier molecular flexibility index (Phi) is 6.30. The third-order valence-corrected chi connectivity index (χ3v) is 4.89. The zero-order valence-corrected chi connectivity index (χ0v) is 12.8. The Morgan fingerprint density at radius 3 is 2.47 bits per heavy atom. The van der Waals surface area contributed by atoms with Crippen LogP contribution in [-0.2, 0) is 18.4 Å². The third kappa shape index (κ3) is 4.79. The van der Waals surface area contributed by atoms with Gasteiger partial charge in [-0.15, -0.1) is 0 Å². The van der Waals surface area contributed by atoms with Crippen LogP contribution in [0.15, 0.2) is 18.2 Å². The fraction of sp³-hybridized carbons (Fsp3) is 0.364. The highest BCUT2D eigenvalue weighted by Gasteiger charge is 2.25. The number of hydrogen-bond acceptors (Lipinski definition) is 5. The maximum atomic E-state index is 11.7. The molecule has 0 amide bonds. The van der Waals surface area contributed by atoms with E-state index >= 15 is 0 Å². The van der Waals surface area contributed by atoms with Gasteiger partial charge >= 0.3 is 7.60 Å². The Morgan fingerprint density at radius 1 is 1.26 bits per heavy atom. The minimum absolute atomic E-state index is 0.221. The summed E-state index contributed by atoms with van der Waals surface area (Å²) in [5.74, 6) is -0.143. The molecule has 106 valence electrons. The summed E-state index contributed by atoms with van der Waals surface area (Å²) in [6.07, 6.45) is -0.363. The van der Waals surface area contributed by atoms with Crippen molar-refractivity contribution >= 4 is 36.6 Å². The van der Waals surface area contributed by atoms with Crippen LogP contribution in [0.4, 0.5) is 0 Å². The van der Waals surface area contributed by atoms with Crippen molar-refractivity contribution in [3.8, 4) is 5.75 Å². The van der Waals surface area contributed by atoms with E-state index in [1.54, 1.807) is 18.2 Å². The topological polar surface area (TPSA) is 61.8 Å². The molecule has 0 unspecified atom stereocenters. The van der Waals surface area contributed by atoms with Crippen molar-refractivity contribution in [2.75, 3.05) is 27.0 Å². The molecule has 0 heterocycles. The van der Waals surface area contributed by atoms with Crippen LogP contribution in [0.25, 0.3) is 0 Å². The molecule has 0 saturated carbocycles. The van der Waals surface area contributed by atoms with Crippen LogP contribution in [-0.4, -0.2) is 32.8 Å². The van der Waals surface area contributed by atoms with Crippen molar-refractivity contribution in [2.24, 2.45) is 0 Å². The lowest BCUT2D eigenvalue weighted by atomic mass is 10.3. The first-order chi connectivity index (χ1) is 8.91. The van der Waals surface area contributed by atoms with Gasteiger partial charge in [-0.25, -0.2) is 0 Å². The number of benzene rings is 1. The van der Waals surface area contributed by atoms with Crippen molar-refractivity contribution in [1.29, 1.82) is 0 Å². The molecular formula is C11H13Cl2O5P. The second kappa shape index (κ2) is 7.27. The SMILES string of the molecule is COP(=O)(CC(=O)COc1cccc(Cl)c1Cl)OC.